The number of nitrogen functional groups attached to an aromatic ring is 1. The van der Waals surface area contributed by atoms with Crippen molar-refractivity contribution in [1.29, 1.82) is 0 Å². The Morgan fingerprint density at radius 1 is 1.35 bits per heavy atom. The molecule has 1 saturated carbocycles. The Labute approximate surface area is 127 Å². The molecule has 0 spiro atoms. The number of carbonyl (C=O) groups excluding carboxylic acids is 1. The van der Waals surface area contributed by atoms with Gasteiger partial charge in [0.1, 0.15) is 0 Å². The molecule has 2 N–H and O–H groups in total. The summed E-state index contributed by atoms with van der Waals surface area (Å²) < 4.78 is 0. The molecule has 1 amide bonds. The van der Waals surface area contributed by atoms with E-state index >= 15 is 0 Å². The van der Waals surface area contributed by atoms with Gasteiger partial charge in [0.25, 0.3) is 5.91 Å². The Morgan fingerprint density at radius 3 is 2.70 bits per heavy atom. The average molecular weight is 297 g/mol. The maximum atomic E-state index is 12.6. The van der Waals surface area contributed by atoms with Crippen LogP contribution in [-0.4, -0.2) is 23.9 Å². The van der Waals surface area contributed by atoms with Crippen LogP contribution in [0.25, 0.3) is 0 Å². The SMILES string of the molecule is Cc1ccc(N)cc1C(=O)N(C)C1CCCC(C)C1.Cl. The van der Waals surface area contributed by atoms with Crippen LogP contribution in [-0.2, 0) is 0 Å². The van der Waals surface area contributed by atoms with Gasteiger partial charge in [0.15, 0.2) is 0 Å². The van der Waals surface area contributed by atoms with Crippen LogP contribution in [0.2, 0.25) is 0 Å². The Morgan fingerprint density at radius 2 is 2.05 bits per heavy atom. The highest BCUT2D eigenvalue weighted by Crippen LogP contribution is 2.28. The molecule has 0 heterocycles. The molecule has 0 radical (unpaired) electrons. The Hall–Kier alpha value is -1.22. The molecule has 112 valence electrons. The van der Waals surface area contributed by atoms with Gasteiger partial charge in [0.2, 0.25) is 0 Å². The lowest BCUT2D eigenvalue weighted by Gasteiger charge is -2.34. The van der Waals surface area contributed by atoms with Crippen LogP contribution in [0.3, 0.4) is 0 Å². The summed E-state index contributed by atoms with van der Waals surface area (Å²) in [6.45, 7) is 4.24. The number of rotatable bonds is 2. The molecule has 2 atom stereocenters. The van der Waals surface area contributed by atoms with E-state index < -0.39 is 0 Å². The van der Waals surface area contributed by atoms with E-state index in [0.29, 0.717) is 11.7 Å². The van der Waals surface area contributed by atoms with E-state index in [2.05, 4.69) is 6.92 Å². The highest BCUT2D eigenvalue weighted by Gasteiger charge is 2.26. The molecule has 0 bridgehead atoms. The van der Waals surface area contributed by atoms with Crippen molar-refractivity contribution in [1.82, 2.24) is 4.90 Å². The zero-order chi connectivity index (χ0) is 14.0. The number of benzene rings is 1. The van der Waals surface area contributed by atoms with Crippen molar-refractivity contribution in [2.75, 3.05) is 12.8 Å². The molecule has 0 aromatic heterocycles. The molecular formula is C16H25ClN2O. The lowest BCUT2D eigenvalue weighted by Crippen LogP contribution is -2.40. The zero-order valence-electron chi connectivity index (χ0n) is 12.6. The summed E-state index contributed by atoms with van der Waals surface area (Å²) in [5.41, 5.74) is 8.18. The molecule has 1 aromatic carbocycles. The van der Waals surface area contributed by atoms with Crippen molar-refractivity contribution >= 4 is 24.0 Å². The number of nitrogens with zero attached hydrogens (tertiary/aromatic N) is 1. The van der Waals surface area contributed by atoms with Crippen molar-refractivity contribution in [3.63, 3.8) is 0 Å². The van der Waals surface area contributed by atoms with Gasteiger partial charge >= 0.3 is 0 Å². The number of hydrogen-bond acceptors (Lipinski definition) is 2. The zero-order valence-corrected chi connectivity index (χ0v) is 13.4. The first-order valence-electron chi connectivity index (χ1n) is 7.12. The number of hydrogen-bond donors (Lipinski definition) is 1. The fourth-order valence-corrected chi connectivity index (χ4v) is 2.98. The molecule has 2 unspecified atom stereocenters. The first-order valence-corrected chi connectivity index (χ1v) is 7.12. The molecule has 2 rings (SSSR count). The Bertz CT molecular complexity index is 476. The van der Waals surface area contributed by atoms with Gasteiger partial charge in [-0.3, -0.25) is 4.79 Å². The van der Waals surface area contributed by atoms with Crippen LogP contribution in [0, 0.1) is 12.8 Å². The summed E-state index contributed by atoms with van der Waals surface area (Å²) >= 11 is 0. The highest BCUT2D eigenvalue weighted by molar-refractivity contribution is 5.96. The van der Waals surface area contributed by atoms with Crippen LogP contribution in [0.5, 0.6) is 0 Å². The van der Waals surface area contributed by atoms with Crippen LogP contribution >= 0.6 is 12.4 Å². The van der Waals surface area contributed by atoms with Crippen molar-refractivity contribution in [3.05, 3.63) is 29.3 Å². The number of aryl methyl sites for hydroxylation is 1. The van der Waals surface area contributed by atoms with Crippen molar-refractivity contribution in [2.45, 2.75) is 45.6 Å². The van der Waals surface area contributed by atoms with E-state index in [1.165, 1.54) is 12.8 Å². The predicted molar refractivity (Wildman–Crippen MR) is 86.4 cm³/mol. The second kappa shape index (κ2) is 6.98. The third-order valence-corrected chi connectivity index (χ3v) is 4.27. The second-order valence-electron chi connectivity index (χ2n) is 5.92. The van der Waals surface area contributed by atoms with E-state index in [1.54, 1.807) is 6.07 Å². The minimum Gasteiger partial charge on any atom is -0.399 e. The molecule has 0 saturated heterocycles. The van der Waals surface area contributed by atoms with E-state index in [-0.39, 0.29) is 18.3 Å². The van der Waals surface area contributed by atoms with Gasteiger partial charge in [-0.2, -0.15) is 0 Å². The molecule has 3 nitrogen and oxygen atoms in total. The minimum atomic E-state index is 0. The van der Waals surface area contributed by atoms with E-state index in [9.17, 15) is 4.79 Å². The van der Waals surface area contributed by atoms with Crippen molar-refractivity contribution in [2.24, 2.45) is 5.92 Å². The average Bonchev–Trinajstić information content (AvgIpc) is 2.40. The maximum absolute atomic E-state index is 12.6. The first kappa shape index (κ1) is 16.8. The predicted octanol–water partition coefficient (Wildman–Crippen LogP) is 3.65. The molecule has 0 aliphatic heterocycles. The van der Waals surface area contributed by atoms with E-state index in [1.807, 2.05) is 31.0 Å². The standard InChI is InChI=1S/C16H24N2O.ClH/c1-11-5-4-6-14(9-11)18(3)16(19)15-10-13(17)8-7-12(15)2;/h7-8,10-11,14H,4-6,9,17H2,1-3H3;1H. The highest BCUT2D eigenvalue weighted by atomic mass is 35.5. The fraction of sp³-hybridized carbons (Fsp3) is 0.562. The van der Waals surface area contributed by atoms with Crippen molar-refractivity contribution < 1.29 is 4.79 Å². The number of nitrogens with two attached hydrogens (primary N) is 1. The monoisotopic (exact) mass is 296 g/mol. The Balaban J connectivity index is 0.00000200. The summed E-state index contributed by atoms with van der Waals surface area (Å²) in [7, 11) is 1.92. The largest absolute Gasteiger partial charge is 0.399 e. The first-order chi connectivity index (χ1) is 8.99. The number of anilines is 1. The van der Waals surface area contributed by atoms with Gasteiger partial charge in [-0.05, 0) is 43.4 Å². The van der Waals surface area contributed by atoms with Crippen LogP contribution in [0.1, 0.15) is 48.5 Å². The smallest absolute Gasteiger partial charge is 0.254 e. The summed E-state index contributed by atoms with van der Waals surface area (Å²) in [6.07, 6.45) is 4.74. The van der Waals surface area contributed by atoms with Crippen LogP contribution in [0.15, 0.2) is 18.2 Å². The summed E-state index contributed by atoms with van der Waals surface area (Å²) in [5, 5.41) is 0. The minimum absolute atomic E-state index is 0. The quantitative estimate of drug-likeness (QED) is 0.847. The van der Waals surface area contributed by atoms with Gasteiger partial charge in [-0.25, -0.2) is 0 Å². The third kappa shape index (κ3) is 3.66. The van der Waals surface area contributed by atoms with E-state index in [4.69, 9.17) is 5.73 Å². The fourth-order valence-electron chi connectivity index (χ4n) is 2.98. The summed E-state index contributed by atoms with van der Waals surface area (Å²) in [5.74, 6) is 0.819. The normalized spacial score (nSPS) is 21.9. The molecule has 1 aliphatic rings. The number of amides is 1. The number of carbonyl (C=O) groups is 1. The van der Waals surface area contributed by atoms with Gasteiger partial charge in [-0.15, -0.1) is 12.4 Å². The topological polar surface area (TPSA) is 46.3 Å². The molecule has 20 heavy (non-hydrogen) atoms. The van der Waals surface area contributed by atoms with E-state index in [0.717, 1.165) is 29.9 Å². The lowest BCUT2D eigenvalue weighted by atomic mass is 9.86. The van der Waals surface area contributed by atoms with Gasteiger partial charge in [-0.1, -0.05) is 25.8 Å². The number of halogens is 1. The van der Waals surface area contributed by atoms with Crippen LogP contribution < -0.4 is 5.73 Å². The molecule has 1 aromatic rings. The molecule has 1 aliphatic carbocycles. The second-order valence-corrected chi connectivity index (χ2v) is 5.92. The summed E-state index contributed by atoms with van der Waals surface area (Å²) in [6, 6.07) is 5.92. The summed E-state index contributed by atoms with van der Waals surface area (Å²) in [4.78, 5) is 14.5. The molecular weight excluding hydrogens is 272 g/mol. The van der Waals surface area contributed by atoms with Crippen molar-refractivity contribution in [3.8, 4) is 0 Å². The van der Waals surface area contributed by atoms with Gasteiger partial charge in [0, 0.05) is 24.3 Å². The lowest BCUT2D eigenvalue weighted by molar-refractivity contribution is 0.0671. The maximum Gasteiger partial charge on any atom is 0.254 e. The van der Waals surface area contributed by atoms with Gasteiger partial charge < -0.3 is 10.6 Å². The molecule has 4 heteroatoms. The molecule has 1 fully saturated rings. The Kier molecular flexibility index (Phi) is 5.88. The van der Waals surface area contributed by atoms with Gasteiger partial charge in [0.05, 0.1) is 0 Å². The third-order valence-electron chi connectivity index (χ3n) is 4.27. The van der Waals surface area contributed by atoms with Crippen LogP contribution in [0.4, 0.5) is 5.69 Å².